The van der Waals surface area contributed by atoms with Gasteiger partial charge in [-0.05, 0) is 27.2 Å². The Balaban J connectivity index is 0. The number of hydrogen-bond acceptors (Lipinski definition) is 5. The summed E-state index contributed by atoms with van der Waals surface area (Å²) in [5, 5.41) is 27.0. The third-order valence-corrected chi connectivity index (χ3v) is 11.1. The number of carboxylic acids is 1. The van der Waals surface area contributed by atoms with Crippen molar-refractivity contribution in [3.8, 4) is 0 Å². The van der Waals surface area contributed by atoms with Gasteiger partial charge in [0, 0.05) is 17.6 Å². The van der Waals surface area contributed by atoms with E-state index in [9.17, 15) is 222 Å². The van der Waals surface area contributed by atoms with Gasteiger partial charge in [0.2, 0.25) is 0 Å². The first kappa shape index (κ1) is 85.2. The largest absolute Gasteiger partial charge is 0.478 e. The maximum atomic E-state index is 14.2. The molecule has 0 heterocycles. The quantitative estimate of drug-likeness (QED) is 0.0478. The minimum Gasteiger partial charge on any atom is -0.478 e. The van der Waals surface area contributed by atoms with Gasteiger partial charge in [0.05, 0.1) is 6.10 Å². The van der Waals surface area contributed by atoms with Crippen molar-refractivity contribution >= 4 is 11.9 Å². The van der Waals surface area contributed by atoms with Crippen molar-refractivity contribution in [1.82, 2.24) is 0 Å². The molecule has 0 aromatic carbocycles. The fourth-order valence-corrected chi connectivity index (χ4v) is 5.60. The van der Waals surface area contributed by atoms with Crippen molar-refractivity contribution in [2.75, 3.05) is 6.61 Å². The number of carbonyl (C=O) groups is 2. The third-order valence-electron chi connectivity index (χ3n) is 11.1. The highest BCUT2D eigenvalue weighted by Gasteiger charge is 3.03. The molecule has 0 aromatic heterocycles. The molecule has 524 valence electrons. The van der Waals surface area contributed by atoms with E-state index in [-0.39, 0.29) is 6.08 Å². The fraction of sp³-hybridized carbons (Fsp3) is 0.833. The number of aliphatic carboxylic acids is 1. The zero-order chi connectivity index (χ0) is 72.9. The molecule has 4 atom stereocenters. The van der Waals surface area contributed by atoms with Crippen LogP contribution in [0.3, 0.4) is 0 Å². The summed E-state index contributed by atoms with van der Waals surface area (Å²) < 4.78 is 623. The molecule has 0 bridgehead atoms. The first-order chi connectivity index (χ1) is 37.3. The number of alkyl halides is 46. The molecule has 6 nitrogen and oxygen atoms in total. The second kappa shape index (κ2) is 23.0. The van der Waals surface area contributed by atoms with E-state index >= 15 is 0 Å². The lowest BCUT2D eigenvalue weighted by atomic mass is 9.79. The monoisotopic (exact) mass is 1420 g/mol. The van der Waals surface area contributed by atoms with Crippen molar-refractivity contribution < 1.29 is 232 Å². The van der Waals surface area contributed by atoms with E-state index in [0.717, 1.165) is 0 Å². The topological polar surface area (TPSA) is 104 Å². The predicted molar refractivity (Wildman–Crippen MR) is 184 cm³/mol. The number of ether oxygens (including phenoxy) is 1. The Morgan fingerprint density at radius 3 is 0.830 bits per heavy atom. The fourth-order valence-electron chi connectivity index (χ4n) is 5.60. The zero-order valence-corrected chi connectivity index (χ0v) is 40.4. The average Bonchev–Trinajstić information content (AvgIpc) is 3.29. The van der Waals surface area contributed by atoms with Gasteiger partial charge in [-0.15, -0.1) is 0 Å². The summed E-state index contributed by atoms with van der Waals surface area (Å²) in [6.07, 6.45) is -42.6. The summed E-state index contributed by atoms with van der Waals surface area (Å²) in [4.78, 5) is 21.6. The molecule has 0 aliphatic heterocycles. The van der Waals surface area contributed by atoms with Crippen LogP contribution in [0, 0.1) is 0 Å². The predicted octanol–water partition coefficient (Wildman–Crippen LogP) is 15.8. The number of aliphatic hydroxyl groups is 2. The van der Waals surface area contributed by atoms with Gasteiger partial charge in [0.15, 0.2) is 5.60 Å². The summed E-state index contributed by atoms with van der Waals surface area (Å²) >= 11 is 0. The van der Waals surface area contributed by atoms with Gasteiger partial charge in [0.25, 0.3) is 0 Å². The van der Waals surface area contributed by atoms with Gasteiger partial charge in [0.1, 0.15) is 6.61 Å². The smallest absolute Gasteiger partial charge is 0.457 e. The number of hydrogen-bond donors (Lipinski definition) is 3. The molecule has 52 heteroatoms. The SMILES string of the molecule is C=C(C)C(=O)OCC(C)(O)C(F)(F)C(F)(F)C(F)(F)C(F)(F)C(F)(F)C(F)(F)C(F)(F)C(F)(C(F)(F)F)C(F)(F)C(F)(F)F.CC(=CCC(O)CC(F)(F)C(F)(F)C(F)(F)C(F)(F)C(F)(F)C(F)(F)C(F)(F)C(F)(C(F)(F)F)C(F)(F)C(F)(F)F)C(=O)O. The lowest BCUT2D eigenvalue weighted by Gasteiger charge is -2.47. The Kier molecular flexibility index (Phi) is 22.3. The van der Waals surface area contributed by atoms with Gasteiger partial charge in [-0.2, -0.15) is 193 Å². The number of carboxylic acid groups (broad SMARTS) is 1. The van der Waals surface area contributed by atoms with Crippen molar-refractivity contribution in [3.63, 3.8) is 0 Å². The summed E-state index contributed by atoms with van der Waals surface area (Å²) in [6, 6.07) is 0. The molecule has 0 amide bonds. The van der Waals surface area contributed by atoms with Crippen molar-refractivity contribution in [1.29, 1.82) is 0 Å². The molecule has 0 rings (SSSR count). The second-order valence-corrected chi connectivity index (χ2v) is 17.5. The van der Waals surface area contributed by atoms with Crippen molar-refractivity contribution in [2.24, 2.45) is 0 Å². The summed E-state index contributed by atoms with van der Waals surface area (Å²) in [6.45, 7) is 0.480. The van der Waals surface area contributed by atoms with Crippen LogP contribution in [0.5, 0.6) is 0 Å². The zero-order valence-electron chi connectivity index (χ0n) is 40.4. The van der Waals surface area contributed by atoms with Crippen LogP contribution < -0.4 is 0 Å². The standard InChI is InChI=1S/2C18H11F23O3/c1-5(2)6(42)44-4-7(3,43)9(20,21)12(26,27)14(30,31)16(34,35)15(32,33)13(28,29)10(22,23)8(19,17(36,37)38)11(24,25)18(39,40)41;1-5(7(43)44)2-3-6(42)4-8(19,20)10(22,23)13(28,29)15(32,33)16(34,35)14(30,31)11(24,25)9(21,17(36,37)38)12(26,27)18(39,40)41/h43H,1,4H2,2-3H3;2,6,42H,3-4H2,1H3,(H,43,44). The Bertz CT molecular complexity index is 2530. The highest BCUT2D eigenvalue weighted by molar-refractivity contribution is 5.87. The van der Waals surface area contributed by atoms with E-state index in [1.165, 1.54) is 0 Å². The molecule has 0 aliphatic carbocycles. The lowest BCUT2D eigenvalue weighted by Crippen LogP contribution is -2.80. The third kappa shape index (κ3) is 12.0. The van der Waals surface area contributed by atoms with Crippen molar-refractivity contribution in [2.45, 2.75) is 176 Å². The van der Waals surface area contributed by atoms with Crippen LogP contribution in [-0.2, 0) is 14.3 Å². The van der Waals surface area contributed by atoms with Gasteiger partial charge in [-0.3, -0.25) is 0 Å². The molecule has 0 spiro atoms. The summed E-state index contributed by atoms with van der Waals surface area (Å²) in [5.41, 5.74) is -25.9. The van der Waals surface area contributed by atoms with Crippen molar-refractivity contribution in [3.05, 3.63) is 23.8 Å². The molecule has 0 aliphatic rings. The van der Waals surface area contributed by atoms with Crippen LogP contribution in [-0.4, -0.2) is 176 Å². The Morgan fingerprint density at radius 2 is 0.614 bits per heavy atom. The summed E-state index contributed by atoms with van der Waals surface area (Å²) in [7, 11) is 0. The number of halogens is 46. The second-order valence-electron chi connectivity index (χ2n) is 17.5. The van der Waals surface area contributed by atoms with E-state index in [4.69, 9.17) is 5.11 Å². The van der Waals surface area contributed by atoms with Crippen LogP contribution in [0.2, 0.25) is 0 Å². The van der Waals surface area contributed by atoms with Gasteiger partial charge in [-0.1, -0.05) is 12.7 Å². The molecule has 0 saturated heterocycles. The van der Waals surface area contributed by atoms with Crippen LogP contribution in [0.15, 0.2) is 23.8 Å². The van der Waals surface area contributed by atoms with E-state index in [1.807, 2.05) is 0 Å². The van der Waals surface area contributed by atoms with Crippen LogP contribution in [0.1, 0.15) is 33.6 Å². The van der Waals surface area contributed by atoms with Gasteiger partial charge in [-0.25, -0.2) is 18.4 Å². The maximum absolute atomic E-state index is 14.2. The molecule has 88 heavy (non-hydrogen) atoms. The number of rotatable bonds is 25. The average molecular weight is 1420 g/mol. The first-order valence-electron chi connectivity index (χ1n) is 20.1. The normalized spacial score (nSPS) is 18.3. The highest BCUT2D eigenvalue weighted by Crippen LogP contribution is 2.71. The highest BCUT2D eigenvalue weighted by atomic mass is 19.5. The minimum atomic E-state index is -9.69. The Hall–Kier alpha value is -4.88. The molecular weight excluding hydrogens is 1400 g/mol. The number of carbonyl (C=O) groups excluding carboxylic acids is 1. The molecule has 0 fully saturated rings. The van der Waals surface area contributed by atoms with Gasteiger partial charge >= 0.3 is 143 Å². The maximum Gasteiger partial charge on any atom is 0.457 e. The molecule has 0 saturated carbocycles. The van der Waals surface area contributed by atoms with E-state index in [1.54, 1.807) is 0 Å². The van der Waals surface area contributed by atoms with E-state index < -0.39 is 192 Å². The molecule has 0 radical (unpaired) electrons. The first-order valence-corrected chi connectivity index (χ1v) is 20.1. The molecule has 4 unspecified atom stereocenters. The lowest BCUT2D eigenvalue weighted by molar-refractivity contribution is -0.485. The molecule has 3 N–H and O–H groups in total. The van der Waals surface area contributed by atoms with E-state index in [2.05, 4.69) is 11.3 Å². The van der Waals surface area contributed by atoms with E-state index in [0.29, 0.717) is 13.8 Å². The molecule has 0 aromatic rings. The minimum absolute atomic E-state index is 0.172. The number of esters is 1. The Labute approximate surface area is 451 Å². The Morgan fingerprint density at radius 1 is 0.386 bits per heavy atom. The van der Waals surface area contributed by atoms with Crippen LogP contribution >= 0.6 is 0 Å². The van der Waals surface area contributed by atoms with Crippen LogP contribution in [0.4, 0.5) is 202 Å². The summed E-state index contributed by atoms with van der Waals surface area (Å²) in [5.74, 6) is -148. The van der Waals surface area contributed by atoms with Gasteiger partial charge < -0.3 is 20.1 Å². The number of aliphatic hydroxyl groups excluding tert-OH is 1. The van der Waals surface area contributed by atoms with Crippen LogP contribution in [0.25, 0.3) is 0 Å². The molecular formula is C36H22F46O6.